The number of rotatable bonds is 2. The maximum atomic E-state index is 6.11. The highest BCUT2D eigenvalue weighted by Crippen LogP contribution is 2.48. The van der Waals surface area contributed by atoms with Gasteiger partial charge in [-0.1, -0.05) is 28.8 Å². The second-order valence-corrected chi connectivity index (χ2v) is 6.68. The molecule has 1 aliphatic heterocycles. The normalized spacial score (nSPS) is 24.9. The minimum atomic E-state index is 0.151. The first-order valence-electron chi connectivity index (χ1n) is 6.84. The van der Waals surface area contributed by atoms with Crippen LogP contribution < -0.4 is 10.5 Å². The van der Waals surface area contributed by atoms with E-state index in [0.717, 1.165) is 23.2 Å². The lowest BCUT2D eigenvalue weighted by Crippen LogP contribution is -2.32. The molecule has 3 heteroatoms. The van der Waals surface area contributed by atoms with E-state index in [1.807, 2.05) is 0 Å². The molecular weight excluding hydrogens is 290 g/mol. The standard InChI is InChI=1S/C15H20BrNO/c1-10-6-11-7-12(16)8-13(14(11)18-10)15(9-17)4-2-3-5-15/h7-8,10H,2-6,9,17H2,1H3. The van der Waals surface area contributed by atoms with Gasteiger partial charge in [0.25, 0.3) is 0 Å². The van der Waals surface area contributed by atoms with Crippen LogP contribution in [0.15, 0.2) is 16.6 Å². The van der Waals surface area contributed by atoms with E-state index < -0.39 is 0 Å². The van der Waals surface area contributed by atoms with Gasteiger partial charge in [-0.2, -0.15) is 0 Å². The summed E-state index contributed by atoms with van der Waals surface area (Å²) in [5, 5.41) is 0. The summed E-state index contributed by atoms with van der Waals surface area (Å²) in [5.41, 5.74) is 8.94. The maximum absolute atomic E-state index is 6.11. The number of fused-ring (bicyclic) bond motifs is 1. The van der Waals surface area contributed by atoms with Crippen molar-refractivity contribution in [3.8, 4) is 5.75 Å². The lowest BCUT2D eigenvalue weighted by molar-refractivity contribution is 0.247. The predicted octanol–water partition coefficient (Wildman–Crippen LogP) is 3.54. The third-order valence-electron chi connectivity index (χ3n) is 4.48. The molecule has 0 radical (unpaired) electrons. The summed E-state index contributed by atoms with van der Waals surface area (Å²) >= 11 is 3.64. The van der Waals surface area contributed by atoms with Crippen molar-refractivity contribution in [2.45, 2.75) is 50.5 Å². The molecule has 98 valence electrons. The molecule has 1 aliphatic carbocycles. The van der Waals surface area contributed by atoms with Crippen molar-refractivity contribution in [1.29, 1.82) is 0 Å². The number of halogens is 1. The molecule has 0 amide bonds. The van der Waals surface area contributed by atoms with E-state index >= 15 is 0 Å². The number of nitrogens with two attached hydrogens (primary N) is 1. The average Bonchev–Trinajstić information content (AvgIpc) is 2.94. The Morgan fingerprint density at radius 1 is 1.39 bits per heavy atom. The Labute approximate surface area is 117 Å². The Kier molecular flexibility index (Phi) is 3.15. The van der Waals surface area contributed by atoms with Gasteiger partial charge in [0.1, 0.15) is 11.9 Å². The third-order valence-corrected chi connectivity index (χ3v) is 4.94. The molecule has 2 aliphatic rings. The molecule has 1 fully saturated rings. The molecule has 18 heavy (non-hydrogen) atoms. The lowest BCUT2D eigenvalue weighted by atomic mass is 9.78. The van der Waals surface area contributed by atoms with E-state index in [2.05, 4.69) is 35.0 Å². The number of benzene rings is 1. The monoisotopic (exact) mass is 309 g/mol. The molecule has 2 nitrogen and oxygen atoms in total. The molecule has 0 spiro atoms. The molecule has 3 rings (SSSR count). The molecule has 0 aromatic heterocycles. The highest BCUT2D eigenvalue weighted by atomic mass is 79.9. The van der Waals surface area contributed by atoms with Crippen molar-refractivity contribution in [2.75, 3.05) is 6.54 Å². The zero-order valence-electron chi connectivity index (χ0n) is 10.8. The Morgan fingerprint density at radius 3 is 2.78 bits per heavy atom. The third kappa shape index (κ3) is 1.88. The van der Waals surface area contributed by atoms with Crippen molar-refractivity contribution >= 4 is 15.9 Å². The van der Waals surface area contributed by atoms with Gasteiger partial charge in [-0.3, -0.25) is 0 Å². The highest BCUT2D eigenvalue weighted by Gasteiger charge is 2.39. The second-order valence-electron chi connectivity index (χ2n) is 5.77. The summed E-state index contributed by atoms with van der Waals surface area (Å²) < 4.78 is 7.22. The summed E-state index contributed by atoms with van der Waals surface area (Å²) in [4.78, 5) is 0. The van der Waals surface area contributed by atoms with Crippen molar-refractivity contribution < 1.29 is 4.74 Å². The van der Waals surface area contributed by atoms with Gasteiger partial charge < -0.3 is 10.5 Å². The van der Waals surface area contributed by atoms with Crippen LogP contribution in [0.1, 0.15) is 43.7 Å². The molecular formula is C15H20BrNO. The molecule has 0 bridgehead atoms. The Balaban J connectivity index is 2.12. The summed E-state index contributed by atoms with van der Waals surface area (Å²) in [6.45, 7) is 2.87. The Bertz CT molecular complexity index is 466. The quantitative estimate of drug-likeness (QED) is 0.907. The first kappa shape index (κ1) is 12.5. The zero-order valence-corrected chi connectivity index (χ0v) is 12.4. The van der Waals surface area contributed by atoms with E-state index in [4.69, 9.17) is 10.5 Å². The minimum Gasteiger partial charge on any atom is -0.490 e. The SMILES string of the molecule is CC1Cc2cc(Br)cc(C3(CN)CCCC3)c2O1. The largest absolute Gasteiger partial charge is 0.490 e. The van der Waals surface area contributed by atoms with E-state index in [-0.39, 0.29) is 5.41 Å². The molecule has 1 heterocycles. The molecule has 1 aromatic carbocycles. The van der Waals surface area contributed by atoms with E-state index in [9.17, 15) is 0 Å². The first-order chi connectivity index (χ1) is 8.64. The fraction of sp³-hybridized carbons (Fsp3) is 0.600. The van der Waals surface area contributed by atoms with Crippen LogP contribution in [0.25, 0.3) is 0 Å². The van der Waals surface area contributed by atoms with Gasteiger partial charge in [-0.15, -0.1) is 0 Å². The summed E-state index contributed by atoms with van der Waals surface area (Å²) in [5.74, 6) is 1.12. The second kappa shape index (κ2) is 4.53. The predicted molar refractivity (Wildman–Crippen MR) is 77.1 cm³/mol. The summed E-state index contributed by atoms with van der Waals surface area (Å²) in [7, 11) is 0. The van der Waals surface area contributed by atoms with Gasteiger partial charge in [0.2, 0.25) is 0 Å². The van der Waals surface area contributed by atoms with Gasteiger partial charge in [0.15, 0.2) is 0 Å². The molecule has 2 N–H and O–H groups in total. The fourth-order valence-corrected chi connectivity index (χ4v) is 4.03. The highest BCUT2D eigenvalue weighted by molar-refractivity contribution is 9.10. The summed E-state index contributed by atoms with van der Waals surface area (Å²) in [6, 6.07) is 4.43. The first-order valence-corrected chi connectivity index (χ1v) is 7.63. The molecule has 1 unspecified atom stereocenters. The van der Waals surface area contributed by atoms with E-state index in [1.165, 1.54) is 36.8 Å². The molecule has 1 saturated carbocycles. The molecule has 1 aromatic rings. The van der Waals surface area contributed by atoms with Crippen LogP contribution in [0.5, 0.6) is 5.75 Å². The Hall–Kier alpha value is -0.540. The van der Waals surface area contributed by atoms with Gasteiger partial charge in [-0.05, 0) is 37.5 Å². The van der Waals surface area contributed by atoms with Crippen LogP contribution in [0.4, 0.5) is 0 Å². The van der Waals surface area contributed by atoms with E-state index in [1.54, 1.807) is 0 Å². The minimum absolute atomic E-state index is 0.151. The molecule has 0 saturated heterocycles. The summed E-state index contributed by atoms with van der Waals surface area (Å²) in [6.07, 6.45) is 6.28. The number of hydrogen-bond donors (Lipinski definition) is 1. The van der Waals surface area contributed by atoms with Crippen molar-refractivity contribution in [3.05, 3.63) is 27.7 Å². The lowest BCUT2D eigenvalue weighted by Gasteiger charge is -2.30. The van der Waals surface area contributed by atoms with Crippen molar-refractivity contribution in [3.63, 3.8) is 0 Å². The maximum Gasteiger partial charge on any atom is 0.126 e. The molecule has 1 atom stereocenters. The van der Waals surface area contributed by atoms with E-state index in [0.29, 0.717) is 6.10 Å². The smallest absolute Gasteiger partial charge is 0.126 e. The van der Waals surface area contributed by atoms with Crippen LogP contribution in [0.3, 0.4) is 0 Å². The van der Waals surface area contributed by atoms with Crippen LogP contribution in [0.2, 0.25) is 0 Å². The fourth-order valence-electron chi connectivity index (χ4n) is 3.52. The van der Waals surface area contributed by atoms with Crippen LogP contribution in [-0.4, -0.2) is 12.6 Å². The van der Waals surface area contributed by atoms with Crippen molar-refractivity contribution in [1.82, 2.24) is 0 Å². The Morgan fingerprint density at radius 2 is 2.11 bits per heavy atom. The number of ether oxygens (including phenoxy) is 1. The zero-order chi connectivity index (χ0) is 12.8. The van der Waals surface area contributed by atoms with Gasteiger partial charge in [0, 0.05) is 28.4 Å². The van der Waals surface area contributed by atoms with Gasteiger partial charge in [0.05, 0.1) is 0 Å². The average molecular weight is 310 g/mol. The topological polar surface area (TPSA) is 35.2 Å². The van der Waals surface area contributed by atoms with Gasteiger partial charge >= 0.3 is 0 Å². The number of hydrogen-bond acceptors (Lipinski definition) is 2. The van der Waals surface area contributed by atoms with Gasteiger partial charge in [-0.25, -0.2) is 0 Å². The van der Waals surface area contributed by atoms with Crippen LogP contribution in [-0.2, 0) is 11.8 Å². The van der Waals surface area contributed by atoms with Crippen LogP contribution in [0, 0.1) is 0 Å². The van der Waals surface area contributed by atoms with Crippen LogP contribution >= 0.6 is 15.9 Å². The van der Waals surface area contributed by atoms with Crippen molar-refractivity contribution in [2.24, 2.45) is 5.73 Å².